The number of hydrogen-bond donors (Lipinski definition) is 1. The topological polar surface area (TPSA) is 53.6 Å². The first kappa shape index (κ1) is 12.3. The molecule has 1 aromatic carbocycles. The predicted molar refractivity (Wildman–Crippen MR) is 69.8 cm³/mol. The third-order valence-electron chi connectivity index (χ3n) is 2.87. The number of nitrogens with one attached hydrogen (secondary N) is 1. The number of rotatable bonds is 5. The minimum atomic E-state index is 0.230. The van der Waals surface area contributed by atoms with E-state index in [0.29, 0.717) is 5.56 Å². The lowest BCUT2D eigenvalue weighted by atomic mass is 10.1. The molecule has 0 spiro atoms. The van der Waals surface area contributed by atoms with E-state index in [9.17, 15) is 0 Å². The smallest absolute Gasteiger partial charge is 0.0991 e. The third kappa shape index (κ3) is 3.19. The minimum Gasteiger partial charge on any atom is -0.308 e. The van der Waals surface area contributed by atoms with E-state index in [4.69, 9.17) is 5.26 Å². The van der Waals surface area contributed by atoms with Crippen LogP contribution in [0.25, 0.3) is 0 Å². The largest absolute Gasteiger partial charge is 0.308 e. The molecule has 2 aromatic rings. The van der Waals surface area contributed by atoms with Gasteiger partial charge >= 0.3 is 0 Å². The Morgan fingerprint density at radius 1 is 1.44 bits per heavy atom. The van der Waals surface area contributed by atoms with Gasteiger partial charge in [-0.15, -0.1) is 0 Å². The van der Waals surface area contributed by atoms with Gasteiger partial charge in [0.1, 0.15) is 0 Å². The van der Waals surface area contributed by atoms with Crippen molar-refractivity contribution in [1.82, 2.24) is 15.1 Å². The van der Waals surface area contributed by atoms with Crippen LogP contribution >= 0.6 is 0 Å². The summed E-state index contributed by atoms with van der Waals surface area (Å²) in [7, 11) is 0. The van der Waals surface area contributed by atoms with Crippen LogP contribution in [0, 0.1) is 11.3 Å². The highest BCUT2D eigenvalue weighted by molar-refractivity contribution is 5.33. The zero-order valence-electron chi connectivity index (χ0n) is 10.4. The molecule has 4 nitrogen and oxygen atoms in total. The maximum absolute atomic E-state index is 8.86. The second-order valence-electron chi connectivity index (χ2n) is 4.18. The van der Waals surface area contributed by atoms with Gasteiger partial charge in [0.2, 0.25) is 0 Å². The fraction of sp³-hybridized carbons (Fsp3) is 0.286. The number of nitrogens with zero attached hydrogens (tertiary/aromatic N) is 3. The molecule has 0 bridgehead atoms. The molecule has 0 amide bonds. The van der Waals surface area contributed by atoms with Crippen LogP contribution in [-0.2, 0) is 6.54 Å². The van der Waals surface area contributed by atoms with Crippen LogP contribution in [0.3, 0.4) is 0 Å². The molecule has 1 aromatic heterocycles. The molecular formula is C14H16N4. The minimum absolute atomic E-state index is 0.230. The van der Waals surface area contributed by atoms with E-state index in [1.54, 1.807) is 6.20 Å². The average molecular weight is 240 g/mol. The molecule has 4 heteroatoms. The van der Waals surface area contributed by atoms with Crippen LogP contribution < -0.4 is 5.32 Å². The van der Waals surface area contributed by atoms with Gasteiger partial charge < -0.3 is 5.32 Å². The SMILES string of the molecule is CC(NCCn1cccn1)c1cccc(C#N)c1. The molecule has 92 valence electrons. The Balaban J connectivity index is 1.87. The molecule has 0 saturated heterocycles. The van der Waals surface area contributed by atoms with E-state index in [-0.39, 0.29) is 6.04 Å². The first-order chi connectivity index (χ1) is 8.79. The predicted octanol–water partition coefficient (Wildman–Crippen LogP) is 2.11. The summed E-state index contributed by atoms with van der Waals surface area (Å²) >= 11 is 0. The average Bonchev–Trinajstić information content (AvgIpc) is 2.92. The zero-order chi connectivity index (χ0) is 12.8. The van der Waals surface area contributed by atoms with Crippen LogP contribution in [0.15, 0.2) is 42.7 Å². The lowest BCUT2D eigenvalue weighted by Gasteiger charge is -2.14. The van der Waals surface area contributed by atoms with Gasteiger partial charge in [-0.1, -0.05) is 12.1 Å². The molecule has 0 aliphatic carbocycles. The van der Waals surface area contributed by atoms with Gasteiger partial charge in [-0.2, -0.15) is 10.4 Å². The fourth-order valence-electron chi connectivity index (χ4n) is 1.82. The summed E-state index contributed by atoms with van der Waals surface area (Å²) in [6.45, 7) is 3.79. The van der Waals surface area contributed by atoms with Gasteiger partial charge in [-0.3, -0.25) is 4.68 Å². The molecule has 18 heavy (non-hydrogen) atoms. The molecule has 0 saturated carbocycles. The number of benzene rings is 1. The summed E-state index contributed by atoms with van der Waals surface area (Å²) in [5.41, 5.74) is 1.84. The molecule has 1 atom stereocenters. The quantitative estimate of drug-likeness (QED) is 0.870. The molecule has 2 rings (SSSR count). The van der Waals surface area contributed by atoms with Gasteiger partial charge in [0.25, 0.3) is 0 Å². The van der Waals surface area contributed by atoms with Crippen LogP contribution in [0.4, 0.5) is 0 Å². The Morgan fingerprint density at radius 3 is 3.06 bits per heavy atom. The second-order valence-corrected chi connectivity index (χ2v) is 4.18. The third-order valence-corrected chi connectivity index (χ3v) is 2.87. The van der Waals surface area contributed by atoms with Crippen LogP contribution in [0.2, 0.25) is 0 Å². The van der Waals surface area contributed by atoms with Crippen LogP contribution in [0.5, 0.6) is 0 Å². The Kier molecular flexibility index (Phi) is 4.11. The van der Waals surface area contributed by atoms with E-state index >= 15 is 0 Å². The van der Waals surface area contributed by atoms with Crippen LogP contribution in [0.1, 0.15) is 24.1 Å². The number of hydrogen-bond acceptors (Lipinski definition) is 3. The highest BCUT2D eigenvalue weighted by Crippen LogP contribution is 2.13. The number of aromatic nitrogens is 2. The van der Waals surface area contributed by atoms with Crippen molar-refractivity contribution in [2.24, 2.45) is 0 Å². The first-order valence-corrected chi connectivity index (χ1v) is 6.00. The van der Waals surface area contributed by atoms with Crippen molar-refractivity contribution in [3.63, 3.8) is 0 Å². The van der Waals surface area contributed by atoms with Crippen LogP contribution in [-0.4, -0.2) is 16.3 Å². The van der Waals surface area contributed by atoms with E-state index in [1.165, 1.54) is 0 Å². The molecule has 0 radical (unpaired) electrons. The summed E-state index contributed by atoms with van der Waals surface area (Å²) in [6.07, 6.45) is 3.72. The normalized spacial score (nSPS) is 12.0. The fourth-order valence-corrected chi connectivity index (χ4v) is 1.82. The van der Waals surface area contributed by atoms with Gasteiger partial charge in [0.15, 0.2) is 0 Å². The highest BCUT2D eigenvalue weighted by Gasteiger charge is 2.05. The molecule has 1 heterocycles. The number of nitriles is 1. The summed E-state index contributed by atoms with van der Waals surface area (Å²) in [4.78, 5) is 0. The van der Waals surface area contributed by atoms with Crippen molar-refractivity contribution >= 4 is 0 Å². The van der Waals surface area contributed by atoms with Gasteiger partial charge in [-0.05, 0) is 30.7 Å². The van der Waals surface area contributed by atoms with Crippen molar-refractivity contribution < 1.29 is 0 Å². The lowest BCUT2D eigenvalue weighted by molar-refractivity contribution is 0.507. The second kappa shape index (κ2) is 5.99. The van der Waals surface area contributed by atoms with Gasteiger partial charge in [-0.25, -0.2) is 0 Å². The van der Waals surface area contributed by atoms with E-state index in [2.05, 4.69) is 23.4 Å². The maximum atomic E-state index is 8.86. The van der Waals surface area contributed by atoms with Gasteiger partial charge in [0.05, 0.1) is 18.2 Å². The van der Waals surface area contributed by atoms with E-state index < -0.39 is 0 Å². The lowest BCUT2D eigenvalue weighted by Crippen LogP contribution is -2.23. The van der Waals surface area contributed by atoms with E-state index in [0.717, 1.165) is 18.7 Å². The van der Waals surface area contributed by atoms with Crippen molar-refractivity contribution in [2.45, 2.75) is 19.5 Å². The molecule has 0 aliphatic rings. The Bertz CT molecular complexity index is 525. The Hall–Kier alpha value is -2.12. The molecule has 1 unspecified atom stereocenters. The standard InChI is InChI=1S/C14H16N4/c1-12(14-5-2-4-13(10-14)11-15)16-7-9-18-8-3-6-17-18/h2-6,8,10,12,16H,7,9H2,1H3. The summed E-state index contributed by atoms with van der Waals surface area (Å²) in [5, 5.41) is 16.4. The molecule has 1 N–H and O–H groups in total. The summed E-state index contributed by atoms with van der Waals surface area (Å²) in [6, 6.07) is 12.0. The first-order valence-electron chi connectivity index (χ1n) is 6.00. The Morgan fingerprint density at radius 2 is 2.33 bits per heavy atom. The molecule has 0 fully saturated rings. The summed E-state index contributed by atoms with van der Waals surface area (Å²) in [5.74, 6) is 0. The zero-order valence-corrected chi connectivity index (χ0v) is 10.4. The van der Waals surface area contributed by atoms with Crippen molar-refractivity contribution in [3.05, 3.63) is 53.9 Å². The van der Waals surface area contributed by atoms with Crippen molar-refractivity contribution in [3.8, 4) is 6.07 Å². The monoisotopic (exact) mass is 240 g/mol. The highest BCUT2D eigenvalue weighted by atomic mass is 15.3. The molecular weight excluding hydrogens is 224 g/mol. The van der Waals surface area contributed by atoms with E-state index in [1.807, 2.05) is 41.2 Å². The van der Waals surface area contributed by atoms with Crippen molar-refractivity contribution in [2.75, 3.05) is 6.54 Å². The van der Waals surface area contributed by atoms with Gasteiger partial charge in [0, 0.05) is 25.0 Å². The maximum Gasteiger partial charge on any atom is 0.0991 e. The summed E-state index contributed by atoms with van der Waals surface area (Å²) < 4.78 is 1.89. The molecule has 0 aliphatic heterocycles. The van der Waals surface area contributed by atoms with Crippen molar-refractivity contribution in [1.29, 1.82) is 5.26 Å². The Labute approximate surface area is 107 Å².